The van der Waals surface area contributed by atoms with Gasteiger partial charge >= 0.3 is 11.9 Å². The van der Waals surface area contributed by atoms with Gasteiger partial charge in [-0.1, -0.05) is 0 Å². The van der Waals surface area contributed by atoms with E-state index in [9.17, 15) is 9.59 Å². The lowest BCUT2D eigenvalue weighted by Crippen LogP contribution is -2.32. The zero-order chi connectivity index (χ0) is 14.3. The van der Waals surface area contributed by atoms with Gasteiger partial charge in [0.25, 0.3) is 0 Å². The Bertz CT molecular complexity index is 431. The molecule has 0 radical (unpaired) electrons. The third-order valence-electron chi connectivity index (χ3n) is 2.47. The van der Waals surface area contributed by atoms with E-state index < -0.39 is 18.0 Å². The maximum absolute atomic E-state index is 11.7. The average Bonchev–Trinajstić information content (AvgIpc) is 2.36. The fourth-order valence-electron chi connectivity index (χ4n) is 1.54. The number of carboxylic acid groups (broad SMARTS) is 1. The summed E-state index contributed by atoms with van der Waals surface area (Å²) in [7, 11) is 0. The highest BCUT2D eigenvalue weighted by atomic mass is 16.5. The fourth-order valence-corrected chi connectivity index (χ4v) is 1.54. The summed E-state index contributed by atoms with van der Waals surface area (Å²) in [4.78, 5) is 22.3. The van der Waals surface area contributed by atoms with Gasteiger partial charge in [0, 0.05) is 17.8 Å². The SMILES string of the molecule is CCOC(=O)C(CCC(=O)O)Nc1ccc(N)cc1. The molecule has 0 spiro atoms. The van der Waals surface area contributed by atoms with Crippen LogP contribution in [0.4, 0.5) is 11.4 Å². The summed E-state index contributed by atoms with van der Waals surface area (Å²) in [6, 6.07) is 6.16. The minimum atomic E-state index is -0.951. The number of carbonyl (C=O) groups excluding carboxylic acids is 1. The van der Waals surface area contributed by atoms with Crippen LogP contribution in [0.2, 0.25) is 0 Å². The monoisotopic (exact) mass is 266 g/mol. The van der Waals surface area contributed by atoms with Crippen molar-refractivity contribution in [2.45, 2.75) is 25.8 Å². The van der Waals surface area contributed by atoms with Crippen LogP contribution in [0.15, 0.2) is 24.3 Å². The summed E-state index contributed by atoms with van der Waals surface area (Å²) in [6.07, 6.45) is 0.0595. The van der Waals surface area contributed by atoms with E-state index in [4.69, 9.17) is 15.6 Å². The number of nitrogens with two attached hydrogens (primary N) is 1. The van der Waals surface area contributed by atoms with Gasteiger partial charge in [-0.05, 0) is 37.6 Å². The highest BCUT2D eigenvalue weighted by Crippen LogP contribution is 2.14. The highest BCUT2D eigenvalue weighted by molar-refractivity contribution is 5.80. The number of anilines is 2. The Morgan fingerprint density at radius 3 is 2.53 bits per heavy atom. The summed E-state index contributed by atoms with van der Waals surface area (Å²) < 4.78 is 4.91. The van der Waals surface area contributed by atoms with Crippen molar-refractivity contribution < 1.29 is 19.4 Å². The number of hydrogen-bond donors (Lipinski definition) is 3. The van der Waals surface area contributed by atoms with E-state index in [0.717, 1.165) is 0 Å². The minimum absolute atomic E-state index is 0.106. The number of carbonyl (C=O) groups is 2. The molecule has 0 fully saturated rings. The molecule has 0 aliphatic rings. The molecule has 0 saturated heterocycles. The number of nitrogens with one attached hydrogen (secondary N) is 1. The molecule has 0 amide bonds. The molecule has 19 heavy (non-hydrogen) atoms. The molecule has 6 heteroatoms. The number of ether oxygens (including phenoxy) is 1. The quantitative estimate of drug-likeness (QED) is 0.510. The van der Waals surface area contributed by atoms with E-state index >= 15 is 0 Å². The van der Waals surface area contributed by atoms with Crippen molar-refractivity contribution >= 4 is 23.3 Å². The standard InChI is InChI=1S/C13H18N2O4/c1-2-19-13(18)11(7-8-12(16)17)15-10-5-3-9(14)4-6-10/h3-6,11,15H,2,7-8,14H2,1H3,(H,16,17). The van der Waals surface area contributed by atoms with Crippen LogP contribution in [0, 0.1) is 0 Å². The largest absolute Gasteiger partial charge is 0.481 e. The maximum Gasteiger partial charge on any atom is 0.328 e. The van der Waals surface area contributed by atoms with Gasteiger partial charge in [-0.15, -0.1) is 0 Å². The van der Waals surface area contributed by atoms with E-state index in [1.54, 1.807) is 31.2 Å². The number of carboxylic acids is 1. The lowest BCUT2D eigenvalue weighted by Gasteiger charge is -2.17. The molecule has 1 unspecified atom stereocenters. The van der Waals surface area contributed by atoms with Crippen molar-refractivity contribution in [2.24, 2.45) is 0 Å². The number of hydrogen-bond acceptors (Lipinski definition) is 5. The lowest BCUT2D eigenvalue weighted by molar-refractivity contribution is -0.144. The van der Waals surface area contributed by atoms with Gasteiger partial charge in [-0.3, -0.25) is 4.79 Å². The Labute approximate surface area is 111 Å². The smallest absolute Gasteiger partial charge is 0.328 e. The van der Waals surface area contributed by atoms with Crippen molar-refractivity contribution in [3.05, 3.63) is 24.3 Å². The van der Waals surface area contributed by atoms with Gasteiger partial charge < -0.3 is 20.9 Å². The van der Waals surface area contributed by atoms with Gasteiger partial charge in [-0.25, -0.2) is 4.79 Å². The number of nitrogen functional groups attached to an aromatic ring is 1. The van der Waals surface area contributed by atoms with Crippen LogP contribution in [0.25, 0.3) is 0 Å². The van der Waals surface area contributed by atoms with Gasteiger partial charge in [0.1, 0.15) is 6.04 Å². The van der Waals surface area contributed by atoms with Crippen LogP contribution in [0.3, 0.4) is 0 Å². The van der Waals surface area contributed by atoms with Crippen molar-refractivity contribution in [1.82, 2.24) is 0 Å². The number of aliphatic carboxylic acids is 1. The molecule has 1 rings (SSSR count). The van der Waals surface area contributed by atoms with Crippen LogP contribution in [-0.2, 0) is 14.3 Å². The third-order valence-corrected chi connectivity index (χ3v) is 2.47. The number of rotatable bonds is 7. The van der Waals surface area contributed by atoms with Gasteiger partial charge in [0.2, 0.25) is 0 Å². The molecule has 6 nitrogen and oxygen atoms in total. The van der Waals surface area contributed by atoms with Crippen molar-refractivity contribution in [1.29, 1.82) is 0 Å². The fraction of sp³-hybridized carbons (Fsp3) is 0.385. The predicted molar refractivity (Wildman–Crippen MR) is 71.8 cm³/mol. The van der Waals surface area contributed by atoms with E-state index in [1.807, 2.05) is 0 Å². The molecular formula is C13H18N2O4. The molecule has 104 valence electrons. The first-order chi connectivity index (χ1) is 9.02. The first kappa shape index (κ1) is 14.8. The molecule has 1 atom stereocenters. The second-order valence-corrected chi connectivity index (χ2v) is 4.00. The highest BCUT2D eigenvalue weighted by Gasteiger charge is 2.20. The minimum Gasteiger partial charge on any atom is -0.481 e. The Hall–Kier alpha value is -2.24. The number of esters is 1. The summed E-state index contributed by atoms with van der Waals surface area (Å²) in [5.41, 5.74) is 6.87. The zero-order valence-electron chi connectivity index (χ0n) is 10.8. The van der Waals surface area contributed by atoms with Crippen LogP contribution >= 0.6 is 0 Å². The third kappa shape index (κ3) is 5.29. The second kappa shape index (κ2) is 7.25. The number of benzene rings is 1. The molecule has 4 N–H and O–H groups in total. The van der Waals surface area contributed by atoms with Crippen molar-refractivity contribution in [2.75, 3.05) is 17.7 Å². The van der Waals surface area contributed by atoms with Crippen LogP contribution < -0.4 is 11.1 Å². The second-order valence-electron chi connectivity index (χ2n) is 4.00. The first-order valence-corrected chi connectivity index (χ1v) is 6.03. The van der Waals surface area contributed by atoms with E-state index in [1.165, 1.54) is 0 Å². The van der Waals surface area contributed by atoms with Crippen LogP contribution in [0.5, 0.6) is 0 Å². The molecule has 0 aliphatic heterocycles. The summed E-state index contributed by atoms with van der Waals surface area (Å²) in [5.74, 6) is -1.41. The molecule has 0 aromatic heterocycles. The van der Waals surface area contributed by atoms with E-state index in [2.05, 4.69) is 5.32 Å². The summed E-state index contributed by atoms with van der Waals surface area (Å²) in [6.45, 7) is 1.96. The normalized spacial score (nSPS) is 11.6. The average molecular weight is 266 g/mol. The molecule has 0 aliphatic carbocycles. The molecular weight excluding hydrogens is 248 g/mol. The van der Waals surface area contributed by atoms with Crippen LogP contribution in [-0.4, -0.2) is 29.7 Å². The zero-order valence-corrected chi connectivity index (χ0v) is 10.8. The molecule has 0 heterocycles. The topological polar surface area (TPSA) is 102 Å². The molecule has 1 aromatic rings. The Kier molecular flexibility index (Phi) is 5.66. The summed E-state index contributed by atoms with van der Waals surface area (Å²) >= 11 is 0. The Morgan fingerprint density at radius 2 is 2.00 bits per heavy atom. The van der Waals surface area contributed by atoms with Gasteiger partial charge in [0.15, 0.2) is 0 Å². The molecule has 0 bridgehead atoms. The van der Waals surface area contributed by atoms with Gasteiger partial charge in [-0.2, -0.15) is 0 Å². The van der Waals surface area contributed by atoms with E-state index in [0.29, 0.717) is 11.4 Å². The predicted octanol–water partition coefficient (Wildman–Crippen LogP) is 1.48. The molecule has 0 saturated carbocycles. The lowest BCUT2D eigenvalue weighted by atomic mass is 10.1. The Morgan fingerprint density at radius 1 is 1.37 bits per heavy atom. The van der Waals surface area contributed by atoms with Crippen LogP contribution in [0.1, 0.15) is 19.8 Å². The van der Waals surface area contributed by atoms with Crippen molar-refractivity contribution in [3.63, 3.8) is 0 Å². The van der Waals surface area contributed by atoms with E-state index in [-0.39, 0.29) is 19.4 Å². The first-order valence-electron chi connectivity index (χ1n) is 6.03. The van der Waals surface area contributed by atoms with Crippen molar-refractivity contribution in [3.8, 4) is 0 Å². The Balaban J connectivity index is 2.69. The molecule has 1 aromatic carbocycles. The van der Waals surface area contributed by atoms with Gasteiger partial charge in [0.05, 0.1) is 6.61 Å². The summed E-state index contributed by atoms with van der Waals surface area (Å²) in [5, 5.41) is 11.6. The maximum atomic E-state index is 11.7.